The second-order valence-electron chi connectivity index (χ2n) is 6.77. The molecule has 0 aliphatic rings. The molecule has 31 heavy (non-hydrogen) atoms. The zero-order valence-corrected chi connectivity index (χ0v) is 18.2. The molecule has 0 aliphatic heterocycles. The van der Waals surface area contributed by atoms with E-state index in [0.29, 0.717) is 28.4 Å². The lowest BCUT2D eigenvalue weighted by Crippen LogP contribution is -2.26. The Kier molecular flexibility index (Phi) is 7.64. The number of ether oxygens (including phenoxy) is 4. The Morgan fingerprint density at radius 2 is 1.71 bits per heavy atom. The molecule has 0 saturated carbocycles. The first-order valence-corrected chi connectivity index (χ1v) is 9.87. The maximum absolute atomic E-state index is 13.0. The van der Waals surface area contributed by atoms with Gasteiger partial charge in [0.1, 0.15) is 11.5 Å². The van der Waals surface area contributed by atoms with Gasteiger partial charge in [-0.3, -0.25) is 9.89 Å². The van der Waals surface area contributed by atoms with Crippen molar-refractivity contribution in [2.45, 2.75) is 13.3 Å². The molecule has 0 atom stereocenters. The molecule has 8 heteroatoms. The Labute approximate surface area is 181 Å². The molecule has 164 valence electrons. The minimum Gasteiger partial charge on any atom is -0.467 e. The minimum absolute atomic E-state index is 0.0600. The topological polar surface area (TPSA) is 85.9 Å². The number of carbonyl (C=O) groups excluding carboxylic acids is 1. The quantitative estimate of drug-likeness (QED) is 0.496. The third kappa shape index (κ3) is 5.04. The molecular formula is C23H27N3O5. The number of hydrogen-bond acceptors (Lipinski definition) is 6. The first kappa shape index (κ1) is 22.3. The van der Waals surface area contributed by atoms with Crippen LogP contribution in [-0.4, -0.2) is 51.0 Å². The standard InChI is InChI=1S/C23H27N3O5/c1-5-16-11-18(21(31-15-29-4)12-20(16)30-14-28-3)22-19(13-24-25-22)26(2)23(27)17-9-7-6-8-10-17/h6-13H,5,14-15H2,1-4H3,(H,24,25). The number of methoxy groups -OCH3 is 2. The molecule has 1 N–H and O–H groups in total. The van der Waals surface area contributed by atoms with E-state index in [-0.39, 0.29) is 19.5 Å². The van der Waals surface area contributed by atoms with Gasteiger partial charge in [0.25, 0.3) is 5.91 Å². The lowest BCUT2D eigenvalue weighted by molar-refractivity contribution is 0.0458. The SMILES string of the molecule is CCc1cc(-c2[nH]ncc2N(C)C(=O)c2ccccc2)c(OCOC)cc1OCOC. The highest BCUT2D eigenvalue weighted by Crippen LogP contribution is 2.39. The minimum atomic E-state index is -0.140. The second kappa shape index (κ2) is 10.6. The van der Waals surface area contributed by atoms with Gasteiger partial charge in [-0.1, -0.05) is 25.1 Å². The third-order valence-electron chi connectivity index (χ3n) is 4.78. The summed E-state index contributed by atoms with van der Waals surface area (Å²) in [7, 11) is 4.84. The molecule has 0 fully saturated rings. The second-order valence-corrected chi connectivity index (χ2v) is 6.77. The van der Waals surface area contributed by atoms with Crippen molar-refractivity contribution in [3.8, 4) is 22.8 Å². The zero-order chi connectivity index (χ0) is 22.2. The Balaban J connectivity index is 2.04. The van der Waals surface area contributed by atoms with Gasteiger partial charge in [-0.2, -0.15) is 5.10 Å². The molecule has 0 spiro atoms. The molecule has 3 aromatic rings. The van der Waals surface area contributed by atoms with Crippen LogP contribution in [0.3, 0.4) is 0 Å². The predicted octanol–water partition coefficient (Wildman–Crippen LogP) is 3.88. The highest BCUT2D eigenvalue weighted by molar-refractivity contribution is 6.07. The molecule has 2 aromatic carbocycles. The molecule has 0 unspecified atom stereocenters. The third-order valence-corrected chi connectivity index (χ3v) is 4.78. The number of anilines is 1. The van der Waals surface area contributed by atoms with E-state index in [4.69, 9.17) is 18.9 Å². The van der Waals surface area contributed by atoms with E-state index in [1.165, 1.54) is 0 Å². The van der Waals surface area contributed by atoms with Crippen molar-refractivity contribution in [1.82, 2.24) is 10.2 Å². The van der Waals surface area contributed by atoms with E-state index in [1.54, 1.807) is 50.6 Å². The number of aromatic nitrogens is 2. The van der Waals surface area contributed by atoms with Crippen LogP contribution in [-0.2, 0) is 15.9 Å². The van der Waals surface area contributed by atoms with Crippen LogP contribution in [0.5, 0.6) is 11.5 Å². The Morgan fingerprint density at radius 1 is 1.03 bits per heavy atom. The fraction of sp³-hybridized carbons (Fsp3) is 0.304. The summed E-state index contributed by atoms with van der Waals surface area (Å²) in [4.78, 5) is 14.5. The summed E-state index contributed by atoms with van der Waals surface area (Å²) in [6.07, 6.45) is 2.36. The predicted molar refractivity (Wildman–Crippen MR) is 118 cm³/mol. The van der Waals surface area contributed by atoms with Crippen molar-refractivity contribution in [2.24, 2.45) is 0 Å². The van der Waals surface area contributed by atoms with Crippen LogP contribution >= 0.6 is 0 Å². The van der Waals surface area contributed by atoms with E-state index in [1.807, 2.05) is 31.2 Å². The maximum atomic E-state index is 13.0. The monoisotopic (exact) mass is 425 g/mol. The number of benzene rings is 2. The van der Waals surface area contributed by atoms with Crippen LogP contribution in [0.4, 0.5) is 5.69 Å². The van der Waals surface area contributed by atoms with Gasteiger partial charge in [0.2, 0.25) is 0 Å². The van der Waals surface area contributed by atoms with Crippen molar-refractivity contribution in [3.63, 3.8) is 0 Å². The van der Waals surface area contributed by atoms with E-state index >= 15 is 0 Å². The van der Waals surface area contributed by atoms with Crippen LogP contribution in [0.1, 0.15) is 22.8 Å². The van der Waals surface area contributed by atoms with Crippen molar-refractivity contribution in [3.05, 3.63) is 59.8 Å². The molecule has 1 amide bonds. The number of aromatic amines is 1. The zero-order valence-electron chi connectivity index (χ0n) is 18.2. The van der Waals surface area contributed by atoms with Gasteiger partial charge in [-0.05, 0) is 30.2 Å². The van der Waals surface area contributed by atoms with E-state index < -0.39 is 0 Å². The van der Waals surface area contributed by atoms with E-state index in [9.17, 15) is 4.79 Å². The van der Waals surface area contributed by atoms with Crippen molar-refractivity contribution >= 4 is 11.6 Å². The van der Waals surface area contributed by atoms with Gasteiger partial charge in [0, 0.05) is 38.5 Å². The Bertz CT molecular complexity index is 1000. The number of aryl methyl sites for hydroxylation is 1. The number of hydrogen-bond donors (Lipinski definition) is 1. The van der Waals surface area contributed by atoms with Crippen molar-refractivity contribution < 1.29 is 23.7 Å². The molecule has 0 bridgehead atoms. The summed E-state index contributed by atoms with van der Waals surface area (Å²) >= 11 is 0. The summed E-state index contributed by atoms with van der Waals surface area (Å²) in [5.74, 6) is 1.06. The average molecular weight is 425 g/mol. The number of nitrogens with one attached hydrogen (secondary N) is 1. The van der Waals surface area contributed by atoms with Gasteiger partial charge in [-0.25, -0.2) is 0 Å². The molecular weight excluding hydrogens is 398 g/mol. The van der Waals surface area contributed by atoms with Crippen molar-refractivity contribution in [2.75, 3.05) is 39.8 Å². The van der Waals surface area contributed by atoms with Gasteiger partial charge >= 0.3 is 0 Å². The van der Waals surface area contributed by atoms with Crippen LogP contribution in [0.15, 0.2) is 48.7 Å². The normalized spacial score (nSPS) is 10.7. The van der Waals surface area contributed by atoms with E-state index in [0.717, 1.165) is 17.5 Å². The van der Waals surface area contributed by atoms with Gasteiger partial charge in [0.05, 0.1) is 17.6 Å². The van der Waals surface area contributed by atoms with Gasteiger partial charge in [-0.15, -0.1) is 0 Å². The summed E-state index contributed by atoms with van der Waals surface area (Å²) < 4.78 is 21.7. The molecule has 3 rings (SSSR count). The molecule has 1 heterocycles. The van der Waals surface area contributed by atoms with Gasteiger partial charge < -0.3 is 23.8 Å². The molecule has 0 saturated heterocycles. The summed E-state index contributed by atoms with van der Waals surface area (Å²) in [5.41, 5.74) is 3.59. The maximum Gasteiger partial charge on any atom is 0.258 e. The number of amides is 1. The molecule has 1 aromatic heterocycles. The largest absolute Gasteiger partial charge is 0.467 e. The smallest absolute Gasteiger partial charge is 0.258 e. The van der Waals surface area contributed by atoms with Crippen LogP contribution in [0, 0.1) is 0 Å². The van der Waals surface area contributed by atoms with Crippen LogP contribution in [0.25, 0.3) is 11.3 Å². The Hall–Kier alpha value is -3.36. The molecule has 0 aliphatic carbocycles. The first-order valence-electron chi connectivity index (χ1n) is 9.87. The number of nitrogens with zero attached hydrogens (tertiary/aromatic N) is 2. The highest BCUT2D eigenvalue weighted by atomic mass is 16.7. The number of carbonyl (C=O) groups is 1. The summed E-state index contributed by atoms with van der Waals surface area (Å²) in [6.45, 7) is 2.22. The Morgan fingerprint density at radius 3 is 2.35 bits per heavy atom. The number of rotatable bonds is 10. The lowest BCUT2D eigenvalue weighted by Gasteiger charge is -2.20. The van der Waals surface area contributed by atoms with Crippen molar-refractivity contribution in [1.29, 1.82) is 0 Å². The lowest BCUT2D eigenvalue weighted by atomic mass is 10.0. The molecule has 0 radical (unpaired) electrons. The highest BCUT2D eigenvalue weighted by Gasteiger charge is 2.22. The first-order chi connectivity index (χ1) is 15.1. The van der Waals surface area contributed by atoms with Crippen LogP contribution < -0.4 is 14.4 Å². The van der Waals surface area contributed by atoms with Gasteiger partial charge in [0.15, 0.2) is 13.6 Å². The van der Waals surface area contributed by atoms with E-state index in [2.05, 4.69) is 10.2 Å². The number of H-pyrrole nitrogens is 1. The fourth-order valence-corrected chi connectivity index (χ4v) is 3.19. The fourth-order valence-electron chi connectivity index (χ4n) is 3.19. The summed E-state index contributed by atoms with van der Waals surface area (Å²) in [5, 5.41) is 7.20. The summed E-state index contributed by atoms with van der Waals surface area (Å²) in [6, 6.07) is 12.9. The molecule has 8 nitrogen and oxygen atoms in total. The van der Waals surface area contributed by atoms with Crippen LogP contribution in [0.2, 0.25) is 0 Å². The average Bonchev–Trinajstić information content (AvgIpc) is 3.30.